The lowest BCUT2D eigenvalue weighted by atomic mass is 10.3. The summed E-state index contributed by atoms with van der Waals surface area (Å²) >= 11 is 3.47. The third-order valence-electron chi connectivity index (χ3n) is 1.89. The van der Waals surface area contributed by atoms with Crippen molar-refractivity contribution in [2.45, 2.75) is 13.8 Å². The van der Waals surface area contributed by atoms with Crippen LogP contribution < -0.4 is 0 Å². The van der Waals surface area contributed by atoms with Gasteiger partial charge in [-0.2, -0.15) is 5.10 Å². The first kappa shape index (κ1) is 9.40. The number of rotatable bonds is 1. The van der Waals surface area contributed by atoms with Crippen molar-refractivity contribution in [3.63, 3.8) is 0 Å². The minimum absolute atomic E-state index is 0.823. The molecule has 0 bridgehead atoms. The summed E-state index contributed by atoms with van der Waals surface area (Å²) in [5.74, 6) is 0.823. The zero-order valence-corrected chi connectivity index (χ0v) is 9.62. The van der Waals surface area contributed by atoms with Crippen molar-refractivity contribution >= 4 is 15.9 Å². The van der Waals surface area contributed by atoms with Gasteiger partial charge < -0.3 is 0 Å². The molecule has 72 valence electrons. The second kappa shape index (κ2) is 3.53. The Morgan fingerprint density at radius 1 is 1.21 bits per heavy atom. The molecule has 0 spiro atoms. The Hall–Kier alpha value is -1.16. The largest absolute Gasteiger partial charge is 0.236 e. The maximum absolute atomic E-state index is 4.31. The molecular weight excluding hydrogens is 242 g/mol. The SMILES string of the molecule is Cc1cnc(-n2cc(C)cn2)c(Br)c1. The van der Waals surface area contributed by atoms with Gasteiger partial charge in [0, 0.05) is 12.4 Å². The van der Waals surface area contributed by atoms with Gasteiger partial charge in [0.05, 0.1) is 10.7 Å². The van der Waals surface area contributed by atoms with Gasteiger partial charge in [0.1, 0.15) is 0 Å². The van der Waals surface area contributed by atoms with Gasteiger partial charge in [-0.3, -0.25) is 0 Å². The predicted octanol–water partition coefficient (Wildman–Crippen LogP) is 2.65. The monoisotopic (exact) mass is 251 g/mol. The Morgan fingerprint density at radius 2 is 2.00 bits per heavy atom. The third kappa shape index (κ3) is 1.70. The Morgan fingerprint density at radius 3 is 2.57 bits per heavy atom. The lowest BCUT2D eigenvalue weighted by Crippen LogP contribution is -1.99. The average molecular weight is 252 g/mol. The molecular formula is C10H10BrN3. The molecule has 2 aromatic rings. The van der Waals surface area contributed by atoms with E-state index in [1.54, 1.807) is 4.68 Å². The number of hydrogen-bond acceptors (Lipinski definition) is 2. The van der Waals surface area contributed by atoms with E-state index in [2.05, 4.69) is 26.0 Å². The van der Waals surface area contributed by atoms with Gasteiger partial charge >= 0.3 is 0 Å². The lowest BCUT2D eigenvalue weighted by molar-refractivity contribution is 0.839. The number of pyridine rings is 1. The highest BCUT2D eigenvalue weighted by molar-refractivity contribution is 9.10. The fourth-order valence-corrected chi connectivity index (χ4v) is 1.87. The molecule has 2 heterocycles. The predicted molar refractivity (Wildman–Crippen MR) is 58.5 cm³/mol. The van der Waals surface area contributed by atoms with Gasteiger partial charge in [0.2, 0.25) is 0 Å². The van der Waals surface area contributed by atoms with Gasteiger partial charge in [0.15, 0.2) is 5.82 Å². The fraction of sp³-hybridized carbons (Fsp3) is 0.200. The Labute approximate surface area is 90.9 Å². The molecule has 2 aromatic heterocycles. The molecule has 0 aliphatic rings. The van der Waals surface area contributed by atoms with Gasteiger partial charge in [-0.1, -0.05) is 0 Å². The maximum Gasteiger partial charge on any atom is 0.167 e. The first-order chi connectivity index (χ1) is 6.66. The van der Waals surface area contributed by atoms with Crippen molar-refractivity contribution in [2.24, 2.45) is 0 Å². The van der Waals surface area contributed by atoms with E-state index in [0.717, 1.165) is 21.4 Å². The van der Waals surface area contributed by atoms with Crippen LogP contribution in [-0.4, -0.2) is 14.8 Å². The molecule has 0 aliphatic heterocycles. The highest BCUT2D eigenvalue weighted by atomic mass is 79.9. The van der Waals surface area contributed by atoms with E-state index in [0.29, 0.717) is 0 Å². The van der Waals surface area contributed by atoms with Crippen LogP contribution in [-0.2, 0) is 0 Å². The molecule has 0 aromatic carbocycles. The van der Waals surface area contributed by atoms with E-state index in [-0.39, 0.29) is 0 Å². The molecule has 0 saturated heterocycles. The molecule has 4 heteroatoms. The van der Waals surface area contributed by atoms with Crippen molar-refractivity contribution in [3.8, 4) is 5.82 Å². The fourth-order valence-electron chi connectivity index (χ4n) is 1.22. The van der Waals surface area contributed by atoms with E-state index >= 15 is 0 Å². The van der Waals surface area contributed by atoms with E-state index < -0.39 is 0 Å². The molecule has 14 heavy (non-hydrogen) atoms. The normalized spacial score (nSPS) is 10.5. The highest BCUT2D eigenvalue weighted by Crippen LogP contribution is 2.19. The van der Waals surface area contributed by atoms with Gasteiger partial charge in [-0.15, -0.1) is 0 Å². The molecule has 0 atom stereocenters. The lowest BCUT2D eigenvalue weighted by Gasteiger charge is -2.03. The summed E-state index contributed by atoms with van der Waals surface area (Å²) in [6, 6.07) is 2.03. The first-order valence-corrected chi connectivity index (χ1v) is 5.10. The van der Waals surface area contributed by atoms with Crippen LogP contribution in [0.1, 0.15) is 11.1 Å². The molecule has 2 rings (SSSR count). The van der Waals surface area contributed by atoms with Crippen molar-refractivity contribution < 1.29 is 0 Å². The average Bonchev–Trinajstić information content (AvgIpc) is 2.51. The first-order valence-electron chi connectivity index (χ1n) is 4.30. The minimum Gasteiger partial charge on any atom is -0.236 e. The summed E-state index contributed by atoms with van der Waals surface area (Å²) in [7, 11) is 0. The van der Waals surface area contributed by atoms with Crippen LogP contribution in [0.4, 0.5) is 0 Å². The molecule has 0 N–H and O–H groups in total. The van der Waals surface area contributed by atoms with Gasteiger partial charge in [-0.25, -0.2) is 9.67 Å². The van der Waals surface area contributed by atoms with E-state index in [4.69, 9.17) is 0 Å². The summed E-state index contributed by atoms with van der Waals surface area (Å²) in [6.45, 7) is 4.02. The second-order valence-corrected chi connectivity index (χ2v) is 4.13. The van der Waals surface area contributed by atoms with E-state index in [1.165, 1.54) is 0 Å². The summed E-state index contributed by atoms with van der Waals surface area (Å²) in [5, 5.41) is 4.20. The Kier molecular flexibility index (Phi) is 2.37. The van der Waals surface area contributed by atoms with Gasteiger partial charge in [-0.05, 0) is 47.0 Å². The highest BCUT2D eigenvalue weighted by Gasteiger charge is 2.04. The Balaban J connectivity index is 2.52. The summed E-state index contributed by atoms with van der Waals surface area (Å²) < 4.78 is 2.72. The third-order valence-corrected chi connectivity index (χ3v) is 2.47. The summed E-state index contributed by atoms with van der Waals surface area (Å²) in [5.41, 5.74) is 2.25. The Bertz CT molecular complexity index is 462. The van der Waals surface area contributed by atoms with Crippen molar-refractivity contribution in [1.82, 2.24) is 14.8 Å². The molecule has 0 unspecified atom stereocenters. The van der Waals surface area contributed by atoms with Crippen molar-refractivity contribution in [3.05, 3.63) is 40.3 Å². The van der Waals surface area contributed by atoms with Crippen LogP contribution in [0.3, 0.4) is 0 Å². The smallest absolute Gasteiger partial charge is 0.167 e. The van der Waals surface area contributed by atoms with E-state index in [1.807, 2.05) is 38.5 Å². The molecule has 3 nitrogen and oxygen atoms in total. The molecule has 0 fully saturated rings. The number of nitrogens with zero attached hydrogens (tertiary/aromatic N) is 3. The van der Waals surface area contributed by atoms with Crippen LogP contribution >= 0.6 is 15.9 Å². The molecule has 0 amide bonds. The van der Waals surface area contributed by atoms with Crippen molar-refractivity contribution in [2.75, 3.05) is 0 Å². The van der Waals surface area contributed by atoms with E-state index in [9.17, 15) is 0 Å². The van der Waals surface area contributed by atoms with Gasteiger partial charge in [0.25, 0.3) is 0 Å². The van der Waals surface area contributed by atoms with Crippen LogP contribution in [0.15, 0.2) is 29.1 Å². The van der Waals surface area contributed by atoms with Crippen LogP contribution in [0, 0.1) is 13.8 Å². The number of hydrogen-bond donors (Lipinski definition) is 0. The zero-order valence-electron chi connectivity index (χ0n) is 8.03. The van der Waals surface area contributed by atoms with Crippen LogP contribution in [0.25, 0.3) is 5.82 Å². The summed E-state index contributed by atoms with van der Waals surface area (Å²) in [4.78, 5) is 4.31. The molecule has 0 aliphatic carbocycles. The van der Waals surface area contributed by atoms with Crippen LogP contribution in [0.5, 0.6) is 0 Å². The topological polar surface area (TPSA) is 30.7 Å². The molecule has 0 radical (unpaired) electrons. The van der Waals surface area contributed by atoms with Crippen molar-refractivity contribution in [1.29, 1.82) is 0 Å². The second-order valence-electron chi connectivity index (χ2n) is 3.28. The quantitative estimate of drug-likeness (QED) is 0.781. The number of halogens is 1. The maximum atomic E-state index is 4.31. The number of aromatic nitrogens is 3. The van der Waals surface area contributed by atoms with Crippen LogP contribution in [0.2, 0.25) is 0 Å². The minimum atomic E-state index is 0.823. The zero-order chi connectivity index (χ0) is 10.1. The standard InChI is InChI=1S/C10H10BrN3/c1-7-3-9(11)10(12-4-7)14-6-8(2)5-13-14/h3-6H,1-2H3. The summed E-state index contributed by atoms with van der Waals surface area (Å²) in [6.07, 6.45) is 5.59. The number of aryl methyl sites for hydroxylation is 2. The molecule has 0 saturated carbocycles.